The van der Waals surface area contributed by atoms with Crippen LogP contribution >= 0.6 is 15.9 Å². The highest BCUT2D eigenvalue weighted by Crippen LogP contribution is 2.18. The minimum absolute atomic E-state index is 0.0760. The van der Waals surface area contributed by atoms with Gasteiger partial charge in [0.15, 0.2) is 10.4 Å². The number of nitrogens with zero attached hydrogens (tertiary/aromatic N) is 1. The number of hydroxylamine groups is 2. The summed E-state index contributed by atoms with van der Waals surface area (Å²) in [5, 5.41) is 0.727. The first-order valence-electron chi connectivity index (χ1n) is 3.94. The van der Waals surface area contributed by atoms with Crippen molar-refractivity contribution in [1.29, 1.82) is 0 Å². The molecule has 1 fully saturated rings. The Bertz CT molecular complexity index is 386. The van der Waals surface area contributed by atoms with Crippen LogP contribution in [0.2, 0.25) is 0 Å². The Kier molecular flexibility index (Phi) is 2.39. The van der Waals surface area contributed by atoms with Crippen LogP contribution in [0.25, 0.3) is 0 Å². The SMILES string of the molecule is O=C1CCON1C(=O)c1ccc(Br)o1. The fraction of sp³-hybridized carbons (Fsp3) is 0.250. The molecule has 0 spiro atoms. The van der Waals surface area contributed by atoms with Crippen molar-refractivity contribution >= 4 is 27.7 Å². The fourth-order valence-corrected chi connectivity index (χ4v) is 1.41. The highest BCUT2D eigenvalue weighted by atomic mass is 79.9. The van der Waals surface area contributed by atoms with Crippen molar-refractivity contribution < 1.29 is 18.8 Å². The van der Waals surface area contributed by atoms with E-state index >= 15 is 0 Å². The summed E-state index contributed by atoms with van der Waals surface area (Å²) in [4.78, 5) is 27.5. The van der Waals surface area contributed by atoms with E-state index in [0.717, 1.165) is 5.06 Å². The summed E-state index contributed by atoms with van der Waals surface area (Å²) in [6, 6.07) is 3.05. The lowest BCUT2D eigenvalue weighted by molar-refractivity contribution is -0.148. The number of hydrogen-bond donors (Lipinski definition) is 0. The minimum Gasteiger partial charge on any atom is -0.444 e. The van der Waals surface area contributed by atoms with Gasteiger partial charge in [0, 0.05) is 0 Å². The zero-order valence-electron chi connectivity index (χ0n) is 7.03. The van der Waals surface area contributed by atoms with E-state index in [9.17, 15) is 9.59 Å². The van der Waals surface area contributed by atoms with Gasteiger partial charge in [0.05, 0.1) is 13.0 Å². The monoisotopic (exact) mass is 259 g/mol. The second kappa shape index (κ2) is 3.55. The van der Waals surface area contributed by atoms with Crippen molar-refractivity contribution in [3.05, 3.63) is 22.6 Å². The molecule has 0 bridgehead atoms. The van der Waals surface area contributed by atoms with Crippen LogP contribution in [0, 0.1) is 0 Å². The van der Waals surface area contributed by atoms with Crippen LogP contribution < -0.4 is 0 Å². The van der Waals surface area contributed by atoms with Gasteiger partial charge in [-0.2, -0.15) is 0 Å². The molecule has 1 aliphatic rings. The van der Waals surface area contributed by atoms with E-state index in [4.69, 9.17) is 9.25 Å². The molecule has 2 rings (SSSR count). The second-order valence-electron chi connectivity index (χ2n) is 2.68. The molecule has 0 atom stereocenters. The zero-order valence-corrected chi connectivity index (χ0v) is 8.61. The van der Waals surface area contributed by atoms with Crippen molar-refractivity contribution in [3.8, 4) is 0 Å². The van der Waals surface area contributed by atoms with Gasteiger partial charge in [0.1, 0.15) is 0 Å². The molecule has 0 aromatic carbocycles. The third-order valence-electron chi connectivity index (χ3n) is 1.73. The molecule has 0 radical (unpaired) electrons. The van der Waals surface area contributed by atoms with Gasteiger partial charge >= 0.3 is 5.91 Å². The van der Waals surface area contributed by atoms with Gasteiger partial charge in [-0.05, 0) is 28.1 Å². The van der Waals surface area contributed by atoms with Gasteiger partial charge in [0.25, 0.3) is 5.91 Å². The first kappa shape index (κ1) is 9.42. The van der Waals surface area contributed by atoms with Crippen molar-refractivity contribution in [2.45, 2.75) is 6.42 Å². The van der Waals surface area contributed by atoms with Crippen LogP contribution in [0.1, 0.15) is 17.0 Å². The quantitative estimate of drug-likeness (QED) is 0.715. The van der Waals surface area contributed by atoms with E-state index in [-0.39, 0.29) is 24.7 Å². The lowest BCUT2D eigenvalue weighted by atomic mass is 10.4. The lowest BCUT2D eigenvalue weighted by Gasteiger charge is -2.08. The molecule has 0 saturated carbocycles. The smallest absolute Gasteiger partial charge is 0.320 e. The number of halogens is 1. The van der Waals surface area contributed by atoms with Gasteiger partial charge in [-0.25, -0.2) is 0 Å². The molecule has 5 nitrogen and oxygen atoms in total. The Morgan fingerprint density at radius 1 is 1.50 bits per heavy atom. The predicted molar refractivity (Wildman–Crippen MR) is 48.2 cm³/mol. The molecule has 0 N–H and O–H groups in total. The molecule has 74 valence electrons. The summed E-state index contributed by atoms with van der Waals surface area (Å²) in [6.07, 6.45) is 0.230. The van der Waals surface area contributed by atoms with Gasteiger partial charge in [-0.3, -0.25) is 14.4 Å². The van der Waals surface area contributed by atoms with Crippen molar-refractivity contribution in [3.63, 3.8) is 0 Å². The summed E-state index contributed by atoms with van der Waals surface area (Å²) >= 11 is 3.06. The van der Waals surface area contributed by atoms with Crippen molar-refractivity contribution in [2.24, 2.45) is 0 Å². The van der Waals surface area contributed by atoms with E-state index in [0.29, 0.717) is 4.67 Å². The molecule has 0 unspecified atom stereocenters. The highest BCUT2D eigenvalue weighted by molar-refractivity contribution is 9.10. The Labute approximate surface area is 87.7 Å². The van der Waals surface area contributed by atoms with Crippen LogP contribution in [0.4, 0.5) is 0 Å². The highest BCUT2D eigenvalue weighted by Gasteiger charge is 2.30. The van der Waals surface area contributed by atoms with Crippen LogP contribution in [-0.2, 0) is 9.63 Å². The van der Waals surface area contributed by atoms with Gasteiger partial charge in [-0.15, -0.1) is 5.06 Å². The van der Waals surface area contributed by atoms with Crippen LogP contribution in [0.15, 0.2) is 21.2 Å². The topological polar surface area (TPSA) is 59.8 Å². The van der Waals surface area contributed by atoms with E-state index in [1.54, 1.807) is 6.07 Å². The Morgan fingerprint density at radius 3 is 2.79 bits per heavy atom. The molecule has 0 aliphatic carbocycles. The zero-order chi connectivity index (χ0) is 10.1. The molecule has 2 heterocycles. The molecule has 1 aromatic heterocycles. The maximum Gasteiger partial charge on any atom is 0.320 e. The molecular weight excluding hydrogens is 254 g/mol. The lowest BCUT2D eigenvalue weighted by Crippen LogP contribution is -2.30. The third-order valence-corrected chi connectivity index (χ3v) is 2.16. The minimum atomic E-state index is -0.571. The summed E-state index contributed by atoms with van der Waals surface area (Å²) in [5.74, 6) is -0.840. The normalized spacial score (nSPS) is 16.4. The molecule has 6 heteroatoms. The number of furan rings is 1. The van der Waals surface area contributed by atoms with Crippen LogP contribution in [0.3, 0.4) is 0 Å². The van der Waals surface area contributed by atoms with Crippen LogP contribution in [-0.4, -0.2) is 23.5 Å². The fourth-order valence-electron chi connectivity index (χ4n) is 1.10. The van der Waals surface area contributed by atoms with Crippen LogP contribution in [0.5, 0.6) is 0 Å². The van der Waals surface area contributed by atoms with Gasteiger partial charge in [-0.1, -0.05) is 0 Å². The average Bonchev–Trinajstić information content (AvgIpc) is 2.73. The van der Waals surface area contributed by atoms with Gasteiger partial charge < -0.3 is 4.42 Å². The first-order valence-corrected chi connectivity index (χ1v) is 4.73. The summed E-state index contributed by atoms with van der Waals surface area (Å²) in [5.41, 5.74) is 0. The van der Waals surface area contributed by atoms with Crippen molar-refractivity contribution in [1.82, 2.24) is 5.06 Å². The summed E-state index contributed by atoms with van der Waals surface area (Å²) in [7, 11) is 0. The van der Waals surface area contributed by atoms with E-state index in [1.165, 1.54) is 6.07 Å². The number of hydrogen-bond acceptors (Lipinski definition) is 4. The Hall–Kier alpha value is -1.14. The Morgan fingerprint density at radius 2 is 2.29 bits per heavy atom. The molecule has 2 amide bonds. The number of imide groups is 1. The largest absolute Gasteiger partial charge is 0.444 e. The van der Waals surface area contributed by atoms with E-state index in [2.05, 4.69) is 15.9 Å². The summed E-state index contributed by atoms with van der Waals surface area (Å²) in [6.45, 7) is 0.243. The molecule has 1 saturated heterocycles. The number of carbonyl (C=O) groups excluding carboxylic acids is 2. The van der Waals surface area contributed by atoms with Crippen molar-refractivity contribution in [2.75, 3.05) is 6.61 Å². The summed E-state index contributed by atoms with van der Waals surface area (Å²) < 4.78 is 5.44. The number of carbonyl (C=O) groups is 2. The molecular formula is C8H6BrNO4. The first-order chi connectivity index (χ1) is 6.68. The maximum atomic E-state index is 11.5. The number of rotatable bonds is 1. The molecule has 1 aromatic rings. The maximum absolute atomic E-state index is 11.5. The Balaban J connectivity index is 2.19. The number of amides is 2. The third kappa shape index (κ3) is 1.58. The van der Waals surface area contributed by atoms with E-state index in [1.807, 2.05) is 0 Å². The van der Waals surface area contributed by atoms with Gasteiger partial charge in [0.2, 0.25) is 0 Å². The van der Waals surface area contributed by atoms with E-state index < -0.39 is 5.91 Å². The molecule has 1 aliphatic heterocycles. The molecule has 14 heavy (non-hydrogen) atoms. The average molecular weight is 260 g/mol. The predicted octanol–water partition coefficient (Wildman–Crippen LogP) is 1.35. The standard InChI is InChI=1S/C8H6BrNO4/c9-6-2-1-5(14-6)8(12)10-7(11)3-4-13-10/h1-2H,3-4H2. The second-order valence-corrected chi connectivity index (χ2v) is 3.46.